The molecule has 0 aliphatic carbocycles. The maximum Gasteiger partial charge on any atom is 0.326 e. The Morgan fingerprint density at radius 3 is 2.02 bits per heavy atom. The highest BCUT2D eigenvalue weighted by molar-refractivity contribution is 5.96. The average molecular weight is 778 g/mol. The average Bonchev–Trinajstić information content (AvgIpc) is 3.18. The summed E-state index contributed by atoms with van der Waals surface area (Å²) in [6.07, 6.45) is 2.09. The second kappa shape index (κ2) is 22.2. The topological polar surface area (TPSA) is 215 Å². The van der Waals surface area contributed by atoms with Gasteiger partial charge in [0, 0.05) is 20.0 Å². The molecule has 1 heterocycles. The number of urea groups is 1. The maximum absolute atomic E-state index is 14.2. The van der Waals surface area contributed by atoms with E-state index in [1.807, 2.05) is 67.6 Å². The lowest BCUT2D eigenvalue weighted by Crippen LogP contribution is -2.60. The van der Waals surface area contributed by atoms with Crippen LogP contribution in [-0.4, -0.2) is 101 Å². The number of carbonyl (C=O) groups excluding carboxylic acids is 6. The summed E-state index contributed by atoms with van der Waals surface area (Å²) in [6, 6.07) is 11.1. The highest BCUT2D eigenvalue weighted by Gasteiger charge is 2.36. The van der Waals surface area contributed by atoms with Crippen LogP contribution in [0.5, 0.6) is 0 Å². The van der Waals surface area contributed by atoms with Gasteiger partial charge in [0.05, 0.1) is 0 Å². The monoisotopic (exact) mass is 777 g/mol. The molecule has 2 aromatic rings. The summed E-state index contributed by atoms with van der Waals surface area (Å²) in [6.45, 7) is 8.65. The number of hydrogen-bond acceptors (Lipinski definition) is 7. The minimum absolute atomic E-state index is 0.0913. The second-order valence-corrected chi connectivity index (χ2v) is 14.9. The van der Waals surface area contributed by atoms with Crippen LogP contribution in [0, 0.1) is 11.8 Å². The third-order valence-corrected chi connectivity index (χ3v) is 10.3. The van der Waals surface area contributed by atoms with Crippen LogP contribution in [0.15, 0.2) is 60.7 Å². The summed E-state index contributed by atoms with van der Waals surface area (Å²) in [5, 5.41) is 25.9. The van der Waals surface area contributed by atoms with Gasteiger partial charge in [0.15, 0.2) is 0 Å². The normalized spacial score (nSPS) is 23.2. The Hall–Kier alpha value is -5.47. The summed E-state index contributed by atoms with van der Waals surface area (Å²) in [7, 11) is 1.46. The summed E-state index contributed by atoms with van der Waals surface area (Å²) < 4.78 is 0. The summed E-state index contributed by atoms with van der Waals surface area (Å²) in [5.74, 6) is -4.90. The highest BCUT2D eigenvalue weighted by atomic mass is 16.4. The Morgan fingerprint density at radius 2 is 1.43 bits per heavy atom. The van der Waals surface area contributed by atoms with Gasteiger partial charge in [0.2, 0.25) is 29.5 Å². The first kappa shape index (κ1) is 44.9. The van der Waals surface area contributed by atoms with E-state index in [4.69, 9.17) is 0 Å². The molecule has 7 atom stereocenters. The van der Waals surface area contributed by atoms with Crippen molar-refractivity contribution in [1.82, 2.24) is 36.8 Å². The van der Waals surface area contributed by atoms with Crippen molar-refractivity contribution in [3.8, 4) is 0 Å². The van der Waals surface area contributed by atoms with Crippen molar-refractivity contribution in [1.29, 1.82) is 0 Å². The number of carboxylic acids is 1. The van der Waals surface area contributed by atoms with Crippen molar-refractivity contribution in [2.24, 2.45) is 11.8 Å². The number of nitrogens with zero attached hydrogens (tertiary/aromatic N) is 1. The van der Waals surface area contributed by atoms with E-state index in [0.717, 1.165) is 11.1 Å². The lowest BCUT2D eigenvalue weighted by Gasteiger charge is -2.32. The Balaban J connectivity index is 1.99. The van der Waals surface area contributed by atoms with Gasteiger partial charge in [-0.25, -0.2) is 9.59 Å². The van der Waals surface area contributed by atoms with Gasteiger partial charge in [0.25, 0.3) is 0 Å². The summed E-state index contributed by atoms with van der Waals surface area (Å²) >= 11 is 0. The number of benzene rings is 2. The molecule has 0 bridgehead atoms. The molecular weight excluding hydrogens is 718 g/mol. The van der Waals surface area contributed by atoms with Crippen LogP contribution in [0.25, 0.3) is 0 Å². The van der Waals surface area contributed by atoms with Gasteiger partial charge in [-0.1, -0.05) is 94.8 Å². The minimum atomic E-state index is -1.23. The van der Waals surface area contributed by atoms with Crippen LogP contribution >= 0.6 is 0 Å². The van der Waals surface area contributed by atoms with Gasteiger partial charge in [-0.3, -0.25) is 24.0 Å². The standard InChI is InChI=1S/C41H59N7O8/c1-7-26(4)34-38(52)43-31(22-21-28-16-10-8-11-17-28)39(53)48(6)27(5)35(49)44-32(24-29-18-12-9-13-19-29)36(50)42-23-15-14-20-30(37(51)46-34)45-41(56)47-33(25(2)3)40(54)55/h8-13,16-19,25-27,30-34H,7,14-15,20-24H2,1-6H3,(H,42,50)(H,43,52)(H,44,49)(H,46,51)(H,54,55)(H2,45,47,56)/t26-,27-,30-,31-,32-,33+,34+/m1/s1. The third-order valence-electron chi connectivity index (χ3n) is 10.3. The van der Waals surface area contributed by atoms with Crippen molar-refractivity contribution in [3.05, 3.63) is 71.8 Å². The number of rotatable bonds is 11. The van der Waals surface area contributed by atoms with E-state index in [1.165, 1.54) is 11.9 Å². The van der Waals surface area contributed by atoms with E-state index in [-0.39, 0.29) is 25.8 Å². The Labute approximate surface area is 329 Å². The van der Waals surface area contributed by atoms with Crippen molar-refractivity contribution in [2.75, 3.05) is 13.6 Å². The molecular formula is C41H59N7O8. The van der Waals surface area contributed by atoms with Crippen LogP contribution in [0.3, 0.4) is 0 Å². The fraction of sp³-hybridized carbons (Fsp3) is 0.537. The molecule has 2 aromatic carbocycles. The first-order valence-electron chi connectivity index (χ1n) is 19.5. The first-order valence-corrected chi connectivity index (χ1v) is 19.5. The van der Waals surface area contributed by atoms with Gasteiger partial charge in [0.1, 0.15) is 36.3 Å². The molecule has 0 aromatic heterocycles. The smallest absolute Gasteiger partial charge is 0.326 e. The summed E-state index contributed by atoms with van der Waals surface area (Å²) in [5.41, 5.74) is 1.73. The molecule has 0 radical (unpaired) electrons. The predicted molar refractivity (Wildman–Crippen MR) is 211 cm³/mol. The number of nitrogens with one attached hydrogen (secondary N) is 6. The zero-order valence-electron chi connectivity index (χ0n) is 33.3. The molecule has 7 amide bonds. The molecule has 56 heavy (non-hydrogen) atoms. The number of amides is 7. The third kappa shape index (κ3) is 13.7. The molecule has 3 rings (SSSR count). The van der Waals surface area contributed by atoms with Gasteiger partial charge in [-0.15, -0.1) is 0 Å². The number of carboxylic acid groups (broad SMARTS) is 1. The molecule has 15 heteroatoms. The minimum Gasteiger partial charge on any atom is -0.480 e. The van der Waals surface area contributed by atoms with Crippen molar-refractivity contribution >= 4 is 41.5 Å². The maximum atomic E-state index is 14.2. The van der Waals surface area contributed by atoms with E-state index in [0.29, 0.717) is 25.7 Å². The lowest BCUT2D eigenvalue weighted by atomic mass is 9.96. The highest BCUT2D eigenvalue weighted by Crippen LogP contribution is 2.15. The van der Waals surface area contributed by atoms with Crippen LogP contribution < -0.4 is 31.9 Å². The second-order valence-electron chi connectivity index (χ2n) is 14.9. The van der Waals surface area contributed by atoms with Crippen LogP contribution in [-0.2, 0) is 41.6 Å². The molecule has 0 spiro atoms. The van der Waals surface area contributed by atoms with Gasteiger partial charge >= 0.3 is 12.0 Å². The largest absolute Gasteiger partial charge is 0.480 e. The van der Waals surface area contributed by atoms with E-state index < -0.39 is 89.6 Å². The molecule has 306 valence electrons. The number of hydrogen-bond donors (Lipinski definition) is 7. The fourth-order valence-corrected chi connectivity index (χ4v) is 6.33. The molecule has 7 N–H and O–H groups in total. The molecule has 1 saturated heterocycles. The molecule has 0 unspecified atom stereocenters. The number of aryl methyl sites for hydroxylation is 1. The first-order chi connectivity index (χ1) is 26.6. The Morgan fingerprint density at radius 1 is 0.821 bits per heavy atom. The molecule has 0 saturated carbocycles. The Bertz CT molecular complexity index is 1640. The Kier molecular flexibility index (Phi) is 17.8. The van der Waals surface area contributed by atoms with Crippen molar-refractivity contribution < 1.29 is 38.7 Å². The van der Waals surface area contributed by atoms with E-state index >= 15 is 0 Å². The zero-order valence-corrected chi connectivity index (χ0v) is 33.3. The van der Waals surface area contributed by atoms with E-state index in [9.17, 15) is 38.7 Å². The molecule has 1 fully saturated rings. The predicted octanol–water partition coefficient (Wildman–Crippen LogP) is 2.29. The number of aliphatic carboxylic acids is 1. The van der Waals surface area contributed by atoms with Crippen molar-refractivity contribution in [3.63, 3.8) is 0 Å². The fourth-order valence-electron chi connectivity index (χ4n) is 6.33. The van der Waals surface area contributed by atoms with Gasteiger partial charge in [-0.2, -0.15) is 0 Å². The molecule has 15 nitrogen and oxygen atoms in total. The van der Waals surface area contributed by atoms with Crippen LogP contribution in [0.4, 0.5) is 4.79 Å². The number of carbonyl (C=O) groups is 7. The van der Waals surface area contributed by atoms with Gasteiger partial charge in [-0.05, 0) is 62.0 Å². The van der Waals surface area contributed by atoms with E-state index in [2.05, 4.69) is 31.9 Å². The van der Waals surface area contributed by atoms with E-state index in [1.54, 1.807) is 27.7 Å². The summed E-state index contributed by atoms with van der Waals surface area (Å²) in [4.78, 5) is 95.6. The van der Waals surface area contributed by atoms with Crippen LogP contribution in [0.2, 0.25) is 0 Å². The quantitative estimate of drug-likeness (QED) is 0.179. The SMILES string of the molecule is CC[C@@H](C)[C@@H]1NC(=O)[C@H](NC(=O)N[C@H](C(=O)O)C(C)C)CCCCNC(=O)[C@@H](Cc2ccccc2)NC(=O)[C@@H](C)N(C)C(=O)[C@@H](CCc2ccccc2)NC1=O. The lowest BCUT2D eigenvalue weighted by molar-refractivity contribution is -0.142. The zero-order chi connectivity index (χ0) is 41.4. The molecule has 1 aliphatic heterocycles. The van der Waals surface area contributed by atoms with Gasteiger partial charge < -0.3 is 41.9 Å². The van der Waals surface area contributed by atoms with Crippen LogP contribution in [0.1, 0.15) is 77.8 Å². The molecule has 1 aliphatic rings. The number of likely N-dealkylation sites (N-methyl/N-ethyl adjacent to an activating group) is 1. The van der Waals surface area contributed by atoms with Crippen molar-refractivity contribution in [2.45, 2.75) is 116 Å².